The lowest BCUT2D eigenvalue weighted by Gasteiger charge is -2.08. The molecule has 5 heteroatoms. The fourth-order valence-electron chi connectivity index (χ4n) is 2.49. The molecule has 124 valence electrons. The largest absolute Gasteiger partial charge is 0.397 e. The molecule has 0 aliphatic heterocycles. The second-order valence-corrected chi connectivity index (χ2v) is 5.73. The first-order valence-corrected chi connectivity index (χ1v) is 8.09. The molecule has 3 heterocycles. The average molecular weight is 329 g/mol. The quantitative estimate of drug-likeness (QED) is 0.731. The highest BCUT2D eigenvalue weighted by molar-refractivity contribution is 5.69. The fourth-order valence-corrected chi connectivity index (χ4v) is 2.49. The lowest BCUT2D eigenvalue weighted by atomic mass is 10.0. The predicted octanol–water partition coefficient (Wildman–Crippen LogP) is 3.09. The van der Waals surface area contributed by atoms with Crippen molar-refractivity contribution in [1.29, 1.82) is 0 Å². The summed E-state index contributed by atoms with van der Waals surface area (Å²) in [5, 5.41) is 0. The Balaban J connectivity index is 2.12. The number of hydrogen-bond donors (Lipinski definition) is 1. The standard InChI is InChI=1S/C20H19N5/c1-4-19-17(6-5-15-10-18(21)14(3)23-11-15)20(25-12-24-19)16-7-8-22-13(2)9-16/h7-12H,4,21H2,1-3H3. The Bertz CT molecular complexity index is 983. The van der Waals surface area contributed by atoms with Crippen molar-refractivity contribution < 1.29 is 0 Å². The lowest BCUT2D eigenvalue weighted by molar-refractivity contribution is 0.991. The van der Waals surface area contributed by atoms with Crippen LogP contribution in [0.2, 0.25) is 0 Å². The van der Waals surface area contributed by atoms with Crippen molar-refractivity contribution in [2.24, 2.45) is 0 Å². The summed E-state index contributed by atoms with van der Waals surface area (Å²) in [6.45, 7) is 5.88. The van der Waals surface area contributed by atoms with Crippen molar-refractivity contribution in [2.45, 2.75) is 27.2 Å². The second-order valence-electron chi connectivity index (χ2n) is 5.73. The summed E-state index contributed by atoms with van der Waals surface area (Å²) in [7, 11) is 0. The third-order valence-electron chi connectivity index (χ3n) is 3.89. The summed E-state index contributed by atoms with van der Waals surface area (Å²) in [5.41, 5.74) is 12.6. The molecular weight excluding hydrogens is 310 g/mol. The van der Waals surface area contributed by atoms with Crippen molar-refractivity contribution in [2.75, 3.05) is 5.73 Å². The van der Waals surface area contributed by atoms with Gasteiger partial charge in [-0.25, -0.2) is 9.97 Å². The maximum atomic E-state index is 5.92. The maximum absolute atomic E-state index is 5.92. The highest BCUT2D eigenvalue weighted by atomic mass is 14.8. The van der Waals surface area contributed by atoms with E-state index >= 15 is 0 Å². The van der Waals surface area contributed by atoms with E-state index in [0.717, 1.165) is 45.9 Å². The van der Waals surface area contributed by atoms with Gasteiger partial charge in [-0.3, -0.25) is 9.97 Å². The summed E-state index contributed by atoms with van der Waals surface area (Å²) in [4.78, 5) is 17.3. The minimum atomic E-state index is 0.636. The van der Waals surface area contributed by atoms with E-state index in [-0.39, 0.29) is 0 Å². The van der Waals surface area contributed by atoms with Crippen molar-refractivity contribution in [3.63, 3.8) is 0 Å². The second kappa shape index (κ2) is 7.10. The molecule has 0 bridgehead atoms. The van der Waals surface area contributed by atoms with Crippen molar-refractivity contribution in [3.8, 4) is 23.1 Å². The number of aromatic nitrogens is 4. The molecule has 5 nitrogen and oxygen atoms in total. The molecule has 0 saturated heterocycles. The monoisotopic (exact) mass is 329 g/mol. The van der Waals surface area contributed by atoms with Crippen LogP contribution in [0.25, 0.3) is 11.3 Å². The first-order chi connectivity index (χ1) is 12.1. The van der Waals surface area contributed by atoms with Gasteiger partial charge in [0.15, 0.2) is 0 Å². The summed E-state index contributed by atoms with van der Waals surface area (Å²) >= 11 is 0. The van der Waals surface area contributed by atoms with Crippen LogP contribution in [0.15, 0.2) is 36.9 Å². The minimum Gasteiger partial charge on any atom is -0.397 e. The predicted molar refractivity (Wildman–Crippen MR) is 98.7 cm³/mol. The summed E-state index contributed by atoms with van der Waals surface area (Å²) < 4.78 is 0. The number of nitrogens with two attached hydrogens (primary N) is 1. The van der Waals surface area contributed by atoms with E-state index in [1.54, 1.807) is 18.7 Å². The van der Waals surface area contributed by atoms with E-state index in [0.29, 0.717) is 5.69 Å². The van der Waals surface area contributed by atoms with Gasteiger partial charge in [-0.05, 0) is 38.5 Å². The van der Waals surface area contributed by atoms with Crippen molar-refractivity contribution in [3.05, 3.63) is 65.1 Å². The number of nitrogen functional groups attached to an aromatic ring is 1. The van der Waals surface area contributed by atoms with Gasteiger partial charge in [-0.1, -0.05) is 18.8 Å². The molecule has 0 fully saturated rings. The van der Waals surface area contributed by atoms with Crippen LogP contribution in [-0.2, 0) is 6.42 Å². The SMILES string of the molecule is CCc1ncnc(-c2ccnc(C)c2)c1C#Cc1cnc(C)c(N)c1. The molecule has 0 atom stereocenters. The van der Waals surface area contributed by atoms with Gasteiger partial charge in [0, 0.05) is 29.2 Å². The normalized spacial score (nSPS) is 10.2. The van der Waals surface area contributed by atoms with E-state index in [2.05, 4.69) is 38.7 Å². The molecule has 3 rings (SSSR count). The summed E-state index contributed by atoms with van der Waals surface area (Å²) in [6.07, 6.45) is 5.86. The summed E-state index contributed by atoms with van der Waals surface area (Å²) in [5.74, 6) is 6.36. The number of nitrogens with zero attached hydrogens (tertiary/aromatic N) is 4. The van der Waals surface area contributed by atoms with Crippen LogP contribution in [0.3, 0.4) is 0 Å². The Labute approximate surface area is 147 Å². The first-order valence-electron chi connectivity index (χ1n) is 8.09. The van der Waals surface area contributed by atoms with Crippen LogP contribution in [0, 0.1) is 25.7 Å². The molecular formula is C20H19N5. The van der Waals surface area contributed by atoms with Gasteiger partial charge in [-0.15, -0.1) is 0 Å². The lowest BCUT2D eigenvalue weighted by Crippen LogP contribution is -1.99. The molecule has 0 aliphatic carbocycles. The highest BCUT2D eigenvalue weighted by Gasteiger charge is 2.10. The molecule has 3 aromatic rings. The number of rotatable bonds is 2. The van der Waals surface area contributed by atoms with Crippen molar-refractivity contribution in [1.82, 2.24) is 19.9 Å². The molecule has 0 amide bonds. The zero-order valence-electron chi connectivity index (χ0n) is 14.5. The Morgan fingerprint density at radius 1 is 1.04 bits per heavy atom. The smallest absolute Gasteiger partial charge is 0.116 e. The van der Waals surface area contributed by atoms with Gasteiger partial charge in [0.2, 0.25) is 0 Å². The molecule has 0 saturated carbocycles. The molecule has 0 unspecified atom stereocenters. The van der Waals surface area contributed by atoms with Gasteiger partial charge in [0.1, 0.15) is 6.33 Å². The molecule has 0 spiro atoms. The van der Waals surface area contributed by atoms with Gasteiger partial charge < -0.3 is 5.73 Å². The van der Waals surface area contributed by atoms with Crippen LogP contribution in [0.1, 0.15) is 35.1 Å². The third kappa shape index (κ3) is 3.64. The number of pyridine rings is 2. The minimum absolute atomic E-state index is 0.636. The third-order valence-corrected chi connectivity index (χ3v) is 3.89. The molecule has 0 radical (unpaired) electrons. The van der Waals surface area contributed by atoms with E-state index < -0.39 is 0 Å². The van der Waals surface area contributed by atoms with E-state index in [9.17, 15) is 0 Å². The van der Waals surface area contributed by atoms with Gasteiger partial charge in [0.05, 0.1) is 28.3 Å². The molecule has 25 heavy (non-hydrogen) atoms. The number of anilines is 1. The van der Waals surface area contributed by atoms with E-state index in [4.69, 9.17) is 5.73 Å². The van der Waals surface area contributed by atoms with Gasteiger partial charge in [-0.2, -0.15) is 0 Å². The Morgan fingerprint density at radius 2 is 1.88 bits per heavy atom. The maximum Gasteiger partial charge on any atom is 0.116 e. The summed E-state index contributed by atoms with van der Waals surface area (Å²) in [6, 6.07) is 5.77. The first kappa shape index (κ1) is 16.6. The fraction of sp³-hybridized carbons (Fsp3) is 0.200. The Hall–Kier alpha value is -3.26. The number of aryl methyl sites for hydroxylation is 3. The van der Waals surface area contributed by atoms with Crippen molar-refractivity contribution >= 4 is 5.69 Å². The van der Waals surface area contributed by atoms with E-state index in [1.165, 1.54) is 0 Å². The molecule has 3 aromatic heterocycles. The zero-order valence-corrected chi connectivity index (χ0v) is 14.5. The van der Waals surface area contributed by atoms with Crippen LogP contribution in [0.5, 0.6) is 0 Å². The Kier molecular flexibility index (Phi) is 4.71. The van der Waals surface area contributed by atoms with E-state index in [1.807, 2.05) is 32.0 Å². The van der Waals surface area contributed by atoms with Crippen LogP contribution >= 0.6 is 0 Å². The average Bonchev–Trinajstić information content (AvgIpc) is 2.62. The van der Waals surface area contributed by atoms with Gasteiger partial charge in [0.25, 0.3) is 0 Å². The molecule has 0 aliphatic rings. The van der Waals surface area contributed by atoms with Crippen LogP contribution in [0.4, 0.5) is 5.69 Å². The molecule has 0 aromatic carbocycles. The number of hydrogen-bond acceptors (Lipinski definition) is 5. The Morgan fingerprint density at radius 3 is 2.60 bits per heavy atom. The highest BCUT2D eigenvalue weighted by Crippen LogP contribution is 2.23. The topological polar surface area (TPSA) is 77.6 Å². The zero-order chi connectivity index (χ0) is 17.8. The van der Waals surface area contributed by atoms with Crippen LogP contribution < -0.4 is 5.73 Å². The van der Waals surface area contributed by atoms with Gasteiger partial charge >= 0.3 is 0 Å². The van der Waals surface area contributed by atoms with Crippen LogP contribution in [-0.4, -0.2) is 19.9 Å². The molecule has 2 N–H and O–H groups in total.